The predicted octanol–water partition coefficient (Wildman–Crippen LogP) is 5.20. The summed E-state index contributed by atoms with van der Waals surface area (Å²) < 4.78 is 1.78. The van der Waals surface area contributed by atoms with Crippen molar-refractivity contribution < 1.29 is 4.79 Å². The van der Waals surface area contributed by atoms with Crippen LogP contribution in [0.25, 0.3) is 5.69 Å². The summed E-state index contributed by atoms with van der Waals surface area (Å²) in [5, 5.41) is 9.95. The quantitative estimate of drug-likeness (QED) is 0.437. The Labute approximate surface area is 157 Å². The molecule has 0 bridgehead atoms. The molecule has 122 valence electrons. The highest BCUT2D eigenvalue weighted by atomic mass is 35.5. The van der Waals surface area contributed by atoms with E-state index in [1.165, 1.54) is 11.8 Å². The van der Waals surface area contributed by atoms with Crippen LogP contribution in [0.4, 0.5) is 0 Å². The van der Waals surface area contributed by atoms with Gasteiger partial charge < -0.3 is 0 Å². The van der Waals surface area contributed by atoms with E-state index in [0.717, 1.165) is 5.69 Å². The first kappa shape index (κ1) is 17.3. The topological polar surface area (TPSA) is 47.8 Å². The standard InChI is InChI=1S/C16H10Cl3N3OS/c17-11-2-1-3-12(7-11)22-9-20-21-16(22)24-8-15(23)10-4-5-13(18)14(19)6-10/h1-7,9H,8H2. The number of hydrogen-bond donors (Lipinski definition) is 0. The second kappa shape index (κ2) is 7.57. The van der Waals surface area contributed by atoms with Gasteiger partial charge in [0.2, 0.25) is 0 Å². The molecule has 3 rings (SSSR count). The van der Waals surface area contributed by atoms with Crippen molar-refractivity contribution in [2.24, 2.45) is 0 Å². The van der Waals surface area contributed by atoms with Gasteiger partial charge in [-0.15, -0.1) is 10.2 Å². The van der Waals surface area contributed by atoms with Crippen LogP contribution in [0.15, 0.2) is 53.9 Å². The second-order valence-corrected chi connectivity index (χ2v) is 7.00. The molecule has 0 unspecified atom stereocenters. The molecule has 4 nitrogen and oxygen atoms in total. The van der Waals surface area contributed by atoms with Crippen molar-refractivity contribution in [3.05, 3.63) is 69.4 Å². The summed E-state index contributed by atoms with van der Waals surface area (Å²) in [6, 6.07) is 12.1. The molecule has 1 aromatic heterocycles. The Hall–Kier alpha value is -1.53. The van der Waals surface area contributed by atoms with E-state index in [-0.39, 0.29) is 11.5 Å². The Morgan fingerprint density at radius 1 is 1.08 bits per heavy atom. The van der Waals surface area contributed by atoms with Crippen LogP contribution in [0.3, 0.4) is 0 Å². The molecule has 0 saturated heterocycles. The normalized spacial score (nSPS) is 10.8. The average Bonchev–Trinajstić information content (AvgIpc) is 3.03. The fourth-order valence-corrected chi connectivity index (χ4v) is 3.31. The molecule has 0 aliphatic heterocycles. The van der Waals surface area contributed by atoms with Crippen molar-refractivity contribution in [3.63, 3.8) is 0 Å². The molecular formula is C16H10Cl3N3OS. The van der Waals surface area contributed by atoms with Gasteiger partial charge in [-0.25, -0.2) is 0 Å². The highest BCUT2D eigenvalue weighted by molar-refractivity contribution is 7.99. The van der Waals surface area contributed by atoms with Crippen LogP contribution in [0.2, 0.25) is 15.1 Å². The minimum atomic E-state index is -0.0702. The largest absolute Gasteiger partial charge is 0.293 e. The highest BCUT2D eigenvalue weighted by Gasteiger charge is 2.13. The fourth-order valence-electron chi connectivity index (χ4n) is 2.01. The monoisotopic (exact) mass is 397 g/mol. The van der Waals surface area contributed by atoms with Gasteiger partial charge in [0.05, 0.1) is 21.5 Å². The molecule has 0 N–H and O–H groups in total. The van der Waals surface area contributed by atoms with Gasteiger partial charge in [0.15, 0.2) is 10.9 Å². The minimum absolute atomic E-state index is 0.0702. The van der Waals surface area contributed by atoms with Gasteiger partial charge in [0.25, 0.3) is 0 Å². The number of hydrogen-bond acceptors (Lipinski definition) is 4. The minimum Gasteiger partial charge on any atom is -0.293 e. The maximum Gasteiger partial charge on any atom is 0.196 e. The smallest absolute Gasteiger partial charge is 0.196 e. The zero-order chi connectivity index (χ0) is 17.1. The van der Waals surface area contributed by atoms with Gasteiger partial charge in [-0.2, -0.15) is 0 Å². The number of carbonyl (C=O) groups excluding carboxylic acids is 1. The molecule has 24 heavy (non-hydrogen) atoms. The lowest BCUT2D eigenvalue weighted by Gasteiger charge is -2.06. The Morgan fingerprint density at radius 2 is 1.92 bits per heavy atom. The molecule has 0 saturated carbocycles. The molecule has 0 aliphatic carbocycles. The first-order chi connectivity index (χ1) is 11.5. The lowest BCUT2D eigenvalue weighted by Crippen LogP contribution is -2.04. The number of carbonyl (C=O) groups is 1. The van der Waals surface area contributed by atoms with E-state index in [2.05, 4.69) is 10.2 Å². The molecule has 3 aromatic rings. The zero-order valence-electron chi connectivity index (χ0n) is 12.1. The maximum absolute atomic E-state index is 12.3. The third-order valence-electron chi connectivity index (χ3n) is 3.18. The molecular weight excluding hydrogens is 389 g/mol. The summed E-state index contributed by atoms with van der Waals surface area (Å²) in [5.74, 6) is 0.135. The van der Waals surface area contributed by atoms with Crippen molar-refractivity contribution in [1.82, 2.24) is 14.8 Å². The van der Waals surface area contributed by atoms with Crippen molar-refractivity contribution in [1.29, 1.82) is 0 Å². The Morgan fingerprint density at radius 3 is 2.67 bits per heavy atom. The highest BCUT2D eigenvalue weighted by Crippen LogP contribution is 2.25. The SMILES string of the molecule is O=C(CSc1nncn1-c1cccc(Cl)c1)c1ccc(Cl)c(Cl)c1. The summed E-state index contributed by atoms with van der Waals surface area (Å²) in [6.07, 6.45) is 1.58. The van der Waals surface area contributed by atoms with Crippen LogP contribution in [0.1, 0.15) is 10.4 Å². The van der Waals surface area contributed by atoms with Gasteiger partial charge in [-0.1, -0.05) is 52.6 Å². The van der Waals surface area contributed by atoms with Crippen molar-refractivity contribution in [3.8, 4) is 5.69 Å². The predicted molar refractivity (Wildman–Crippen MR) is 97.9 cm³/mol. The molecule has 1 heterocycles. The van der Waals surface area contributed by atoms with E-state index in [1.54, 1.807) is 41.2 Å². The molecule has 0 amide bonds. The van der Waals surface area contributed by atoms with E-state index < -0.39 is 0 Å². The molecule has 0 fully saturated rings. The number of ketones is 1. The van der Waals surface area contributed by atoms with Crippen molar-refractivity contribution >= 4 is 52.3 Å². The molecule has 0 radical (unpaired) electrons. The lowest BCUT2D eigenvalue weighted by atomic mass is 10.1. The van der Waals surface area contributed by atoms with Gasteiger partial charge >= 0.3 is 0 Å². The van der Waals surface area contributed by atoms with Crippen molar-refractivity contribution in [2.75, 3.05) is 5.75 Å². The van der Waals surface area contributed by atoms with Crippen LogP contribution in [-0.4, -0.2) is 26.3 Å². The van der Waals surface area contributed by atoms with Gasteiger partial charge in [0.1, 0.15) is 6.33 Å². The summed E-state index contributed by atoms with van der Waals surface area (Å²) in [4.78, 5) is 12.3. The summed E-state index contributed by atoms with van der Waals surface area (Å²) in [5.41, 5.74) is 1.34. The average molecular weight is 399 g/mol. The molecule has 0 aliphatic rings. The molecule has 8 heteroatoms. The van der Waals surface area contributed by atoms with E-state index >= 15 is 0 Å². The number of benzene rings is 2. The third kappa shape index (κ3) is 3.92. The summed E-state index contributed by atoms with van der Waals surface area (Å²) in [7, 11) is 0. The maximum atomic E-state index is 12.3. The molecule has 0 spiro atoms. The van der Waals surface area contributed by atoms with Crippen LogP contribution >= 0.6 is 46.6 Å². The van der Waals surface area contributed by atoms with E-state index in [1.807, 2.05) is 12.1 Å². The Kier molecular flexibility index (Phi) is 5.46. The second-order valence-electron chi connectivity index (χ2n) is 4.80. The Balaban J connectivity index is 1.75. The number of aromatic nitrogens is 3. The van der Waals surface area contributed by atoms with Crippen LogP contribution in [-0.2, 0) is 0 Å². The Bertz CT molecular complexity index is 898. The van der Waals surface area contributed by atoms with Crippen LogP contribution in [0.5, 0.6) is 0 Å². The molecule has 0 atom stereocenters. The number of Topliss-reactive ketones (excluding diaryl/α,β-unsaturated/α-hetero) is 1. The lowest BCUT2D eigenvalue weighted by molar-refractivity contribution is 0.102. The van der Waals surface area contributed by atoms with E-state index in [0.29, 0.717) is 25.8 Å². The van der Waals surface area contributed by atoms with Crippen LogP contribution in [0, 0.1) is 0 Å². The van der Waals surface area contributed by atoms with Gasteiger partial charge in [-0.05, 0) is 36.4 Å². The summed E-state index contributed by atoms with van der Waals surface area (Å²) in [6.45, 7) is 0. The number of thioether (sulfide) groups is 1. The third-order valence-corrected chi connectivity index (χ3v) is 5.09. The first-order valence-electron chi connectivity index (χ1n) is 6.81. The zero-order valence-corrected chi connectivity index (χ0v) is 15.2. The van der Waals surface area contributed by atoms with E-state index in [4.69, 9.17) is 34.8 Å². The number of nitrogens with zero attached hydrogens (tertiary/aromatic N) is 3. The number of rotatable bonds is 5. The number of halogens is 3. The summed E-state index contributed by atoms with van der Waals surface area (Å²) >= 11 is 19.1. The molecule has 2 aromatic carbocycles. The first-order valence-corrected chi connectivity index (χ1v) is 8.93. The fraction of sp³-hybridized carbons (Fsp3) is 0.0625. The van der Waals surface area contributed by atoms with Gasteiger partial charge in [-0.3, -0.25) is 9.36 Å². The van der Waals surface area contributed by atoms with Crippen LogP contribution < -0.4 is 0 Å². The van der Waals surface area contributed by atoms with Gasteiger partial charge in [0, 0.05) is 10.6 Å². The van der Waals surface area contributed by atoms with Crippen molar-refractivity contribution in [2.45, 2.75) is 5.16 Å². The van der Waals surface area contributed by atoms with E-state index in [9.17, 15) is 4.79 Å².